The van der Waals surface area contributed by atoms with Crippen LogP contribution in [-0.4, -0.2) is 25.9 Å². The van der Waals surface area contributed by atoms with Crippen LogP contribution in [0.2, 0.25) is 0 Å². The van der Waals surface area contributed by atoms with Gasteiger partial charge in [-0.15, -0.1) is 0 Å². The molecule has 0 atom stereocenters. The third-order valence-electron chi connectivity index (χ3n) is 0.818. The van der Waals surface area contributed by atoms with E-state index in [2.05, 4.69) is 25.4 Å². The van der Waals surface area contributed by atoms with Crippen LogP contribution in [-0.2, 0) is 27.7 Å². The summed E-state index contributed by atoms with van der Waals surface area (Å²) in [5, 5.41) is 0. The SMILES string of the molecule is CC(=O)O[Si](S)(OC(C)=O)OC(C)=O. The van der Waals surface area contributed by atoms with Crippen LogP contribution in [0.5, 0.6) is 0 Å². The first-order valence-electron chi connectivity index (χ1n) is 3.56. The van der Waals surface area contributed by atoms with Gasteiger partial charge >= 0.3 is 7.95 Å². The quantitative estimate of drug-likeness (QED) is 0.552. The van der Waals surface area contributed by atoms with E-state index in [1.807, 2.05) is 0 Å². The van der Waals surface area contributed by atoms with E-state index < -0.39 is 25.9 Å². The average Bonchev–Trinajstić information content (AvgIpc) is 1.76. The van der Waals surface area contributed by atoms with Crippen LogP contribution in [0.25, 0.3) is 0 Å². The van der Waals surface area contributed by atoms with Crippen molar-refractivity contribution in [1.29, 1.82) is 0 Å². The molecule has 14 heavy (non-hydrogen) atoms. The molecule has 0 aliphatic carbocycles. The van der Waals surface area contributed by atoms with Gasteiger partial charge < -0.3 is 13.3 Å². The lowest BCUT2D eigenvalue weighted by Gasteiger charge is -2.20. The number of thiol groups is 1. The molecule has 0 aliphatic rings. The van der Waals surface area contributed by atoms with Crippen LogP contribution in [0, 0.1) is 0 Å². The molecule has 0 amide bonds. The zero-order valence-electron chi connectivity index (χ0n) is 7.90. The van der Waals surface area contributed by atoms with Crippen molar-refractivity contribution >= 4 is 37.9 Å². The smallest absolute Gasteiger partial charge is 0.447 e. The maximum Gasteiger partial charge on any atom is 0.777 e. The number of carbonyl (C=O) groups excluding carboxylic acids is 3. The van der Waals surface area contributed by atoms with Gasteiger partial charge in [-0.05, 0) is 0 Å². The molecule has 0 unspecified atom stereocenters. The maximum absolute atomic E-state index is 10.6. The Kier molecular flexibility index (Phi) is 4.64. The molecule has 6 nitrogen and oxygen atoms in total. The van der Waals surface area contributed by atoms with Crippen LogP contribution < -0.4 is 0 Å². The van der Waals surface area contributed by atoms with Crippen molar-refractivity contribution in [3.05, 3.63) is 0 Å². The van der Waals surface area contributed by atoms with Gasteiger partial charge in [-0.1, -0.05) is 12.1 Å². The fourth-order valence-corrected chi connectivity index (χ4v) is 2.98. The summed E-state index contributed by atoms with van der Waals surface area (Å²) in [5.41, 5.74) is 0. The molecule has 0 radical (unpaired) electrons. The third-order valence-corrected chi connectivity index (χ3v) is 3.28. The third kappa shape index (κ3) is 5.59. The molecule has 0 saturated carbocycles. The van der Waals surface area contributed by atoms with Gasteiger partial charge in [0.15, 0.2) is 0 Å². The summed E-state index contributed by atoms with van der Waals surface area (Å²) in [6.07, 6.45) is 0. The standard InChI is InChI=1S/C6H10O6SSi/c1-4(7)10-14(13,11-5(2)8)12-6(3)9/h13H,1-3H3. The molecule has 0 aliphatic heterocycles. The first-order valence-corrected chi connectivity index (χ1v) is 6.57. The average molecular weight is 238 g/mol. The van der Waals surface area contributed by atoms with Crippen molar-refractivity contribution in [2.75, 3.05) is 0 Å². The van der Waals surface area contributed by atoms with Gasteiger partial charge in [0, 0.05) is 20.8 Å². The minimum atomic E-state index is -3.79. The molecule has 0 heterocycles. The van der Waals surface area contributed by atoms with Crippen LogP contribution in [0.1, 0.15) is 20.8 Å². The second kappa shape index (κ2) is 5.01. The predicted molar refractivity (Wildman–Crippen MR) is 50.0 cm³/mol. The normalized spacial score (nSPS) is 10.3. The van der Waals surface area contributed by atoms with E-state index >= 15 is 0 Å². The maximum atomic E-state index is 10.6. The fraction of sp³-hybridized carbons (Fsp3) is 0.500. The Morgan fingerprint density at radius 2 is 1.07 bits per heavy atom. The fourth-order valence-electron chi connectivity index (χ4n) is 0.607. The summed E-state index contributed by atoms with van der Waals surface area (Å²) in [7, 11) is -3.79. The summed E-state index contributed by atoms with van der Waals surface area (Å²) >= 11 is 3.75. The molecule has 0 N–H and O–H groups in total. The second-order valence-electron chi connectivity index (χ2n) is 2.30. The first-order chi connectivity index (χ1) is 6.25. The zero-order chi connectivity index (χ0) is 11.4. The summed E-state index contributed by atoms with van der Waals surface area (Å²) in [6.45, 7) is 3.26. The van der Waals surface area contributed by atoms with Crippen LogP contribution >= 0.6 is 12.1 Å². The summed E-state index contributed by atoms with van der Waals surface area (Å²) in [4.78, 5) is 31.8. The van der Waals surface area contributed by atoms with E-state index in [0.29, 0.717) is 0 Å². The van der Waals surface area contributed by atoms with E-state index in [4.69, 9.17) is 0 Å². The van der Waals surface area contributed by atoms with Gasteiger partial charge in [0.1, 0.15) is 0 Å². The van der Waals surface area contributed by atoms with Crippen molar-refractivity contribution in [2.45, 2.75) is 20.8 Å². The molecule has 0 spiro atoms. The molecule has 0 saturated heterocycles. The van der Waals surface area contributed by atoms with E-state index in [0.717, 1.165) is 20.8 Å². The summed E-state index contributed by atoms with van der Waals surface area (Å²) < 4.78 is 13.6. The molecule has 0 aromatic rings. The molecular weight excluding hydrogens is 228 g/mol. The van der Waals surface area contributed by atoms with Gasteiger partial charge in [-0.2, -0.15) is 0 Å². The predicted octanol–water partition coefficient (Wildman–Crippen LogP) is 0.0411. The minimum absolute atomic E-state index is 0.742. The molecule has 0 aromatic heterocycles. The Balaban J connectivity index is 4.56. The molecule has 0 rings (SSSR count). The summed E-state index contributed by atoms with van der Waals surface area (Å²) in [6, 6.07) is 0. The molecule has 0 bridgehead atoms. The molecule has 8 heteroatoms. The Labute approximate surface area is 86.9 Å². The first kappa shape index (κ1) is 13.0. The largest absolute Gasteiger partial charge is 0.777 e. The Hall–Kier alpha value is -1.02. The van der Waals surface area contributed by atoms with Gasteiger partial charge in [-0.25, -0.2) is 0 Å². The van der Waals surface area contributed by atoms with Crippen LogP contribution in [0.4, 0.5) is 0 Å². The number of carbonyl (C=O) groups is 3. The van der Waals surface area contributed by atoms with Crippen molar-refractivity contribution < 1.29 is 27.7 Å². The number of rotatable bonds is 3. The van der Waals surface area contributed by atoms with E-state index in [1.54, 1.807) is 0 Å². The lowest BCUT2D eigenvalue weighted by Crippen LogP contribution is -2.44. The second-order valence-corrected chi connectivity index (χ2v) is 5.61. The molecule has 80 valence electrons. The van der Waals surface area contributed by atoms with E-state index in [9.17, 15) is 14.4 Å². The molecule has 0 fully saturated rings. The topological polar surface area (TPSA) is 78.9 Å². The van der Waals surface area contributed by atoms with Crippen LogP contribution in [0.15, 0.2) is 0 Å². The summed E-state index contributed by atoms with van der Waals surface area (Å²) in [5.74, 6) is -2.22. The highest BCUT2D eigenvalue weighted by molar-refractivity contribution is 8.11. The lowest BCUT2D eigenvalue weighted by atomic mass is 10.9. The zero-order valence-corrected chi connectivity index (χ0v) is 9.79. The van der Waals surface area contributed by atoms with Gasteiger partial charge in [-0.3, -0.25) is 14.4 Å². The van der Waals surface area contributed by atoms with Crippen molar-refractivity contribution in [2.24, 2.45) is 0 Å². The highest BCUT2D eigenvalue weighted by Gasteiger charge is 2.48. The van der Waals surface area contributed by atoms with Gasteiger partial charge in [0.25, 0.3) is 17.9 Å². The van der Waals surface area contributed by atoms with E-state index in [1.165, 1.54) is 0 Å². The Morgan fingerprint density at radius 3 is 1.21 bits per heavy atom. The minimum Gasteiger partial charge on any atom is -0.447 e. The Morgan fingerprint density at radius 1 is 0.857 bits per heavy atom. The molecular formula is C6H10O6SSi. The highest BCUT2D eigenvalue weighted by atomic mass is 32.3. The number of hydrogen-bond acceptors (Lipinski definition) is 7. The monoisotopic (exact) mass is 238 g/mol. The van der Waals surface area contributed by atoms with Gasteiger partial charge in [0.05, 0.1) is 0 Å². The van der Waals surface area contributed by atoms with Crippen LogP contribution in [0.3, 0.4) is 0 Å². The van der Waals surface area contributed by atoms with Gasteiger partial charge in [0.2, 0.25) is 0 Å². The van der Waals surface area contributed by atoms with Crippen molar-refractivity contribution in [1.82, 2.24) is 0 Å². The van der Waals surface area contributed by atoms with Crippen molar-refractivity contribution in [3.63, 3.8) is 0 Å². The number of hydrogen-bond donors (Lipinski definition) is 1. The highest BCUT2D eigenvalue weighted by Crippen LogP contribution is 2.15. The Bertz CT molecular complexity index is 224. The van der Waals surface area contributed by atoms with E-state index in [-0.39, 0.29) is 0 Å². The lowest BCUT2D eigenvalue weighted by molar-refractivity contribution is -0.145. The van der Waals surface area contributed by atoms with Crippen molar-refractivity contribution in [3.8, 4) is 0 Å². The molecule has 0 aromatic carbocycles.